The lowest BCUT2D eigenvalue weighted by Crippen LogP contribution is -1.80. The Hall–Kier alpha value is -0.260. The number of unbranched alkanes of at least 4 members (excludes halogenated alkanes) is 14. The van der Waals surface area contributed by atoms with Crippen LogP contribution in [0, 0.1) is 0 Å². The van der Waals surface area contributed by atoms with Crippen LogP contribution in [0.4, 0.5) is 0 Å². The maximum absolute atomic E-state index is 2.42. The first-order chi connectivity index (χ1) is 9.91. The Balaban J connectivity index is 3.01. The Morgan fingerprint density at radius 2 is 0.700 bits per heavy atom. The van der Waals surface area contributed by atoms with Gasteiger partial charge in [0.1, 0.15) is 0 Å². The zero-order valence-corrected chi connectivity index (χ0v) is 14.5. The van der Waals surface area contributed by atoms with E-state index in [0.29, 0.717) is 0 Å². The fraction of sp³-hybridized carbons (Fsp3) is 0.900. The Morgan fingerprint density at radius 1 is 0.400 bits per heavy atom. The lowest BCUT2D eigenvalue weighted by molar-refractivity contribution is 0.588. The third kappa shape index (κ3) is 17.7. The van der Waals surface area contributed by atoms with Crippen LogP contribution in [0.2, 0.25) is 0 Å². The second kappa shape index (κ2) is 18.7. The second-order valence-electron chi connectivity index (χ2n) is 6.29. The highest BCUT2D eigenvalue weighted by atomic mass is 14.0. The minimum Gasteiger partial charge on any atom is -0.0885 e. The summed E-state index contributed by atoms with van der Waals surface area (Å²) in [5.74, 6) is 0. The monoisotopic (exact) mass is 280 g/mol. The van der Waals surface area contributed by atoms with Crippen LogP contribution in [-0.2, 0) is 0 Å². The summed E-state index contributed by atoms with van der Waals surface area (Å²) >= 11 is 0. The van der Waals surface area contributed by atoms with E-state index in [2.05, 4.69) is 26.0 Å². The van der Waals surface area contributed by atoms with E-state index in [1.54, 1.807) is 0 Å². The summed E-state index contributed by atoms with van der Waals surface area (Å²) in [7, 11) is 0. The first-order valence-electron chi connectivity index (χ1n) is 9.56. The molecule has 0 N–H and O–H groups in total. The van der Waals surface area contributed by atoms with E-state index in [9.17, 15) is 0 Å². The summed E-state index contributed by atoms with van der Waals surface area (Å²) in [6.07, 6.45) is 27.4. The van der Waals surface area contributed by atoms with Crippen molar-refractivity contribution in [3.63, 3.8) is 0 Å². The molecule has 0 radical (unpaired) electrons. The average molecular weight is 281 g/mol. The van der Waals surface area contributed by atoms with Gasteiger partial charge in [-0.3, -0.25) is 0 Å². The molecule has 0 unspecified atom stereocenters. The molecule has 0 aliphatic heterocycles. The molecule has 0 rings (SSSR count). The standard InChI is InChI=1S/C20H40/c1-3-5-7-9-11-13-15-17-19-20-18-16-14-12-10-8-6-4-2/h19-20H,3-18H2,1-2H3/b20-19+. The van der Waals surface area contributed by atoms with Crippen molar-refractivity contribution in [3.8, 4) is 0 Å². The Kier molecular flexibility index (Phi) is 18.5. The molecule has 0 saturated heterocycles. The molecule has 0 spiro atoms. The van der Waals surface area contributed by atoms with E-state index in [0.717, 1.165) is 0 Å². The SMILES string of the molecule is CCCCCCCCC/C=C/CCCCCCCCC. The minimum absolute atomic E-state index is 1.31. The van der Waals surface area contributed by atoms with Gasteiger partial charge in [0, 0.05) is 0 Å². The summed E-state index contributed by atoms with van der Waals surface area (Å²) in [5.41, 5.74) is 0. The van der Waals surface area contributed by atoms with Crippen LogP contribution in [0.1, 0.15) is 117 Å². The molecule has 0 bridgehead atoms. The van der Waals surface area contributed by atoms with Gasteiger partial charge in [-0.15, -0.1) is 0 Å². The van der Waals surface area contributed by atoms with Crippen molar-refractivity contribution in [1.82, 2.24) is 0 Å². The van der Waals surface area contributed by atoms with E-state index in [4.69, 9.17) is 0 Å². The van der Waals surface area contributed by atoms with Gasteiger partial charge in [0.15, 0.2) is 0 Å². The van der Waals surface area contributed by atoms with Crippen LogP contribution in [0.25, 0.3) is 0 Å². The highest BCUT2D eigenvalue weighted by molar-refractivity contribution is 4.81. The van der Waals surface area contributed by atoms with Crippen molar-refractivity contribution in [3.05, 3.63) is 12.2 Å². The second-order valence-corrected chi connectivity index (χ2v) is 6.29. The fourth-order valence-corrected chi connectivity index (χ4v) is 2.67. The molecular weight excluding hydrogens is 240 g/mol. The summed E-state index contributed by atoms with van der Waals surface area (Å²) in [6, 6.07) is 0. The topological polar surface area (TPSA) is 0 Å². The molecule has 0 aromatic carbocycles. The molecule has 0 nitrogen and oxygen atoms in total. The van der Waals surface area contributed by atoms with Crippen LogP contribution in [0.15, 0.2) is 12.2 Å². The first kappa shape index (κ1) is 19.7. The van der Waals surface area contributed by atoms with Crippen molar-refractivity contribution in [2.45, 2.75) is 117 Å². The maximum Gasteiger partial charge on any atom is -0.0351 e. The third-order valence-electron chi connectivity index (χ3n) is 4.12. The van der Waals surface area contributed by atoms with Crippen LogP contribution in [-0.4, -0.2) is 0 Å². The molecule has 0 aromatic heterocycles. The average Bonchev–Trinajstić information content (AvgIpc) is 2.47. The van der Waals surface area contributed by atoms with Gasteiger partial charge in [-0.25, -0.2) is 0 Å². The van der Waals surface area contributed by atoms with E-state index in [1.807, 2.05) is 0 Å². The van der Waals surface area contributed by atoms with Gasteiger partial charge in [0.2, 0.25) is 0 Å². The molecule has 0 fully saturated rings. The summed E-state index contributed by atoms with van der Waals surface area (Å²) in [6.45, 7) is 4.58. The fourth-order valence-electron chi connectivity index (χ4n) is 2.67. The highest BCUT2D eigenvalue weighted by Gasteiger charge is 1.90. The van der Waals surface area contributed by atoms with Gasteiger partial charge in [0.25, 0.3) is 0 Å². The Labute approximate surface area is 129 Å². The first-order valence-corrected chi connectivity index (χ1v) is 9.56. The maximum atomic E-state index is 2.42. The predicted molar refractivity (Wildman–Crippen MR) is 94.4 cm³/mol. The van der Waals surface area contributed by atoms with Crippen molar-refractivity contribution >= 4 is 0 Å². The molecule has 0 heteroatoms. The number of hydrogen-bond acceptors (Lipinski definition) is 0. The molecule has 0 aliphatic carbocycles. The normalized spacial score (nSPS) is 11.5. The van der Waals surface area contributed by atoms with Crippen LogP contribution in [0.5, 0.6) is 0 Å². The van der Waals surface area contributed by atoms with Crippen molar-refractivity contribution in [1.29, 1.82) is 0 Å². The molecule has 120 valence electrons. The van der Waals surface area contributed by atoms with E-state index >= 15 is 0 Å². The van der Waals surface area contributed by atoms with Crippen LogP contribution in [0.3, 0.4) is 0 Å². The highest BCUT2D eigenvalue weighted by Crippen LogP contribution is 2.10. The van der Waals surface area contributed by atoms with Gasteiger partial charge < -0.3 is 0 Å². The Bertz CT molecular complexity index is 160. The third-order valence-corrected chi connectivity index (χ3v) is 4.12. The predicted octanol–water partition coefficient (Wildman–Crippen LogP) is 7.82. The molecule has 0 saturated carbocycles. The molecular formula is C20H40. The molecule has 0 atom stereocenters. The van der Waals surface area contributed by atoms with Crippen molar-refractivity contribution < 1.29 is 0 Å². The van der Waals surface area contributed by atoms with Gasteiger partial charge >= 0.3 is 0 Å². The van der Waals surface area contributed by atoms with Gasteiger partial charge in [-0.1, -0.05) is 103 Å². The van der Waals surface area contributed by atoms with Crippen LogP contribution < -0.4 is 0 Å². The number of hydrogen-bond donors (Lipinski definition) is 0. The quantitative estimate of drug-likeness (QED) is 0.200. The molecule has 0 amide bonds. The molecule has 20 heavy (non-hydrogen) atoms. The molecule has 0 aliphatic rings. The number of allylic oxidation sites excluding steroid dienone is 2. The van der Waals surface area contributed by atoms with Gasteiger partial charge in [-0.2, -0.15) is 0 Å². The van der Waals surface area contributed by atoms with Crippen LogP contribution >= 0.6 is 0 Å². The van der Waals surface area contributed by atoms with E-state index in [1.165, 1.54) is 103 Å². The van der Waals surface area contributed by atoms with Gasteiger partial charge in [0.05, 0.1) is 0 Å². The Morgan fingerprint density at radius 3 is 1.05 bits per heavy atom. The summed E-state index contributed by atoms with van der Waals surface area (Å²) in [4.78, 5) is 0. The zero-order chi connectivity index (χ0) is 14.7. The van der Waals surface area contributed by atoms with Crippen molar-refractivity contribution in [2.75, 3.05) is 0 Å². The van der Waals surface area contributed by atoms with E-state index in [-0.39, 0.29) is 0 Å². The molecule has 0 aromatic rings. The lowest BCUT2D eigenvalue weighted by Gasteiger charge is -1.99. The zero-order valence-electron chi connectivity index (χ0n) is 14.5. The number of rotatable bonds is 16. The smallest absolute Gasteiger partial charge is 0.0351 e. The van der Waals surface area contributed by atoms with Gasteiger partial charge in [-0.05, 0) is 25.7 Å². The lowest BCUT2D eigenvalue weighted by atomic mass is 10.1. The minimum atomic E-state index is 1.31. The largest absolute Gasteiger partial charge is 0.0885 e. The molecule has 0 heterocycles. The summed E-state index contributed by atoms with van der Waals surface area (Å²) in [5, 5.41) is 0. The van der Waals surface area contributed by atoms with Crippen molar-refractivity contribution in [2.24, 2.45) is 0 Å². The summed E-state index contributed by atoms with van der Waals surface area (Å²) < 4.78 is 0. The van der Waals surface area contributed by atoms with E-state index < -0.39 is 0 Å².